The molecule has 1 aliphatic heterocycles. The predicted octanol–water partition coefficient (Wildman–Crippen LogP) is 1.98. The Morgan fingerprint density at radius 3 is 2.79 bits per heavy atom. The van der Waals surface area contributed by atoms with Crippen LogP contribution in [0.2, 0.25) is 5.02 Å². The molecule has 2 N–H and O–H groups in total. The summed E-state index contributed by atoms with van der Waals surface area (Å²) in [5.41, 5.74) is 7.70. The molecule has 104 valence electrons. The number of nitrogen functional groups attached to an aromatic ring is 1. The summed E-state index contributed by atoms with van der Waals surface area (Å²) in [6.07, 6.45) is 0.990. The SMILES string of the molecule is CC(=O)N1CCCN(Cc2c(N)cccc2Cl)CC1. The lowest BCUT2D eigenvalue weighted by molar-refractivity contribution is -0.128. The monoisotopic (exact) mass is 281 g/mol. The lowest BCUT2D eigenvalue weighted by atomic mass is 10.1. The van der Waals surface area contributed by atoms with Crippen molar-refractivity contribution in [1.29, 1.82) is 0 Å². The molecule has 1 fully saturated rings. The first-order valence-corrected chi connectivity index (χ1v) is 6.96. The molecule has 0 saturated carbocycles. The van der Waals surface area contributed by atoms with Crippen molar-refractivity contribution in [2.45, 2.75) is 19.9 Å². The molecule has 1 aromatic rings. The van der Waals surface area contributed by atoms with Crippen LogP contribution in [0.15, 0.2) is 18.2 Å². The van der Waals surface area contributed by atoms with E-state index in [2.05, 4.69) is 4.90 Å². The standard InChI is InChI=1S/C14H20ClN3O/c1-11(19)18-7-3-6-17(8-9-18)10-12-13(15)4-2-5-14(12)16/h2,4-5H,3,6-10,16H2,1H3. The van der Waals surface area contributed by atoms with Crippen LogP contribution in [0.4, 0.5) is 5.69 Å². The summed E-state index contributed by atoms with van der Waals surface area (Å²) in [6.45, 7) is 5.82. The number of carbonyl (C=O) groups excluding carboxylic acids is 1. The largest absolute Gasteiger partial charge is 0.398 e. The molecule has 4 nitrogen and oxygen atoms in total. The summed E-state index contributed by atoms with van der Waals surface area (Å²) in [4.78, 5) is 15.6. The van der Waals surface area contributed by atoms with Gasteiger partial charge in [-0.3, -0.25) is 9.69 Å². The van der Waals surface area contributed by atoms with Crippen molar-refractivity contribution in [2.24, 2.45) is 0 Å². The van der Waals surface area contributed by atoms with E-state index >= 15 is 0 Å². The molecule has 0 spiro atoms. The Kier molecular flexibility index (Phi) is 4.66. The Labute approximate surface area is 119 Å². The van der Waals surface area contributed by atoms with Gasteiger partial charge in [-0.1, -0.05) is 17.7 Å². The van der Waals surface area contributed by atoms with E-state index in [9.17, 15) is 4.79 Å². The van der Waals surface area contributed by atoms with E-state index in [0.29, 0.717) is 5.02 Å². The molecule has 1 aliphatic rings. The van der Waals surface area contributed by atoms with Crippen molar-refractivity contribution < 1.29 is 4.79 Å². The van der Waals surface area contributed by atoms with Gasteiger partial charge in [-0.25, -0.2) is 0 Å². The molecule has 5 heteroatoms. The summed E-state index contributed by atoms with van der Waals surface area (Å²) >= 11 is 6.20. The predicted molar refractivity (Wildman–Crippen MR) is 78.0 cm³/mol. The maximum absolute atomic E-state index is 11.4. The number of nitrogens with zero attached hydrogens (tertiary/aromatic N) is 2. The van der Waals surface area contributed by atoms with Crippen LogP contribution in [0.3, 0.4) is 0 Å². The minimum absolute atomic E-state index is 0.152. The number of benzene rings is 1. The molecule has 0 atom stereocenters. The third-order valence-electron chi connectivity index (χ3n) is 3.57. The first-order chi connectivity index (χ1) is 9.08. The molecule has 1 saturated heterocycles. The van der Waals surface area contributed by atoms with Gasteiger partial charge in [-0.2, -0.15) is 0 Å². The van der Waals surface area contributed by atoms with Gasteiger partial charge >= 0.3 is 0 Å². The molecule has 1 aromatic carbocycles. The van der Waals surface area contributed by atoms with Gasteiger partial charge in [-0.05, 0) is 18.6 Å². The minimum atomic E-state index is 0.152. The van der Waals surface area contributed by atoms with E-state index in [-0.39, 0.29) is 5.91 Å². The van der Waals surface area contributed by atoms with Crippen LogP contribution in [-0.2, 0) is 11.3 Å². The van der Waals surface area contributed by atoms with Crippen molar-refractivity contribution in [3.63, 3.8) is 0 Å². The number of hydrogen-bond acceptors (Lipinski definition) is 3. The first kappa shape index (κ1) is 14.2. The number of hydrogen-bond donors (Lipinski definition) is 1. The second kappa shape index (κ2) is 6.26. The molecule has 0 unspecified atom stereocenters. The van der Waals surface area contributed by atoms with Crippen LogP contribution in [0.5, 0.6) is 0 Å². The molecule has 0 aliphatic carbocycles. The average molecular weight is 282 g/mol. The van der Waals surface area contributed by atoms with Crippen molar-refractivity contribution in [2.75, 3.05) is 31.9 Å². The van der Waals surface area contributed by atoms with Crippen molar-refractivity contribution >= 4 is 23.2 Å². The van der Waals surface area contributed by atoms with Gasteiger partial charge in [0.2, 0.25) is 5.91 Å². The number of nitrogens with two attached hydrogens (primary N) is 1. The lowest BCUT2D eigenvalue weighted by Gasteiger charge is -2.22. The van der Waals surface area contributed by atoms with Gasteiger partial charge in [-0.15, -0.1) is 0 Å². The quantitative estimate of drug-likeness (QED) is 0.844. The smallest absolute Gasteiger partial charge is 0.219 e. The second-order valence-corrected chi connectivity index (χ2v) is 5.35. The van der Waals surface area contributed by atoms with Crippen LogP contribution in [0.1, 0.15) is 18.9 Å². The molecule has 1 amide bonds. The molecule has 19 heavy (non-hydrogen) atoms. The lowest BCUT2D eigenvalue weighted by Crippen LogP contribution is -2.33. The van der Waals surface area contributed by atoms with Crippen molar-refractivity contribution in [1.82, 2.24) is 9.80 Å². The van der Waals surface area contributed by atoms with E-state index in [4.69, 9.17) is 17.3 Å². The van der Waals surface area contributed by atoms with Gasteiger partial charge in [0.15, 0.2) is 0 Å². The van der Waals surface area contributed by atoms with Crippen molar-refractivity contribution in [3.8, 4) is 0 Å². The highest BCUT2D eigenvalue weighted by Crippen LogP contribution is 2.24. The molecule has 0 radical (unpaired) electrons. The van der Waals surface area contributed by atoms with Crippen molar-refractivity contribution in [3.05, 3.63) is 28.8 Å². The summed E-state index contributed by atoms with van der Waals surface area (Å²) < 4.78 is 0. The Bertz CT molecular complexity index is 444. The van der Waals surface area contributed by atoms with Gasteiger partial charge in [0, 0.05) is 55.9 Å². The minimum Gasteiger partial charge on any atom is -0.398 e. The average Bonchev–Trinajstić information content (AvgIpc) is 2.59. The fraction of sp³-hybridized carbons (Fsp3) is 0.500. The van der Waals surface area contributed by atoms with E-state index in [1.807, 2.05) is 23.1 Å². The Morgan fingerprint density at radius 1 is 1.32 bits per heavy atom. The summed E-state index contributed by atoms with van der Waals surface area (Å²) in [6, 6.07) is 5.61. The molecular formula is C14H20ClN3O. The van der Waals surface area contributed by atoms with E-state index in [1.165, 1.54) is 0 Å². The maximum Gasteiger partial charge on any atom is 0.219 e. The molecule has 0 bridgehead atoms. The molecular weight excluding hydrogens is 262 g/mol. The van der Waals surface area contributed by atoms with Crippen LogP contribution < -0.4 is 5.73 Å². The first-order valence-electron chi connectivity index (χ1n) is 6.58. The molecule has 0 aromatic heterocycles. The molecule has 1 heterocycles. The topological polar surface area (TPSA) is 49.6 Å². The number of carbonyl (C=O) groups is 1. The second-order valence-electron chi connectivity index (χ2n) is 4.94. The van der Waals surface area contributed by atoms with Gasteiger partial charge in [0.25, 0.3) is 0 Å². The number of halogens is 1. The Balaban J connectivity index is 2.02. The number of amides is 1. The zero-order valence-electron chi connectivity index (χ0n) is 11.2. The summed E-state index contributed by atoms with van der Waals surface area (Å²) in [7, 11) is 0. The third-order valence-corrected chi connectivity index (χ3v) is 3.92. The number of rotatable bonds is 2. The zero-order valence-corrected chi connectivity index (χ0v) is 12.0. The highest BCUT2D eigenvalue weighted by atomic mass is 35.5. The Morgan fingerprint density at radius 2 is 2.11 bits per heavy atom. The van der Waals surface area contributed by atoms with E-state index in [1.54, 1.807) is 6.92 Å². The summed E-state index contributed by atoms with van der Waals surface area (Å²) in [5.74, 6) is 0.152. The Hall–Kier alpha value is -1.26. The van der Waals surface area contributed by atoms with Crippen LogP contribution in [-0.4, -0.2) is 41.9 Å². The van der Waals surface area contributed by atoms with E-state index in [0.717, 1.165) is 50.4 Å². The highest BCUT2D eigenvalue weighted by Gasteiger charge is 2.17. The number of anilines is 1. The highest BCUT2D eigenvalue weighted by molar-refractivity contribution is 6.31. The fourth-order valence-electron chi connectivity index (χ4n) is 2.41. The van der Waals surface area contributed by atoms with Crippen LogP contribution in [0, 0.1) is 0 Å². The molecule has 2 rings (SSSR count). The van der Waals surface area contributed by atoms with Gasteiger partial charge in [0.1, 0.15) is 0 Å². The van der Waals surface area contributed by atoms with Crippen LogP contribution in [0.25, 0.3) is 0 Å². The zero-order chi connectivity index (χ0) is 13.8. The van der Waals surface area contributed by atoms with Gasteiger partial charge in [0.05, 0.1) is 0 Å². The fourth-order valence-corrected chi connectivity index (χ4v) is 2.65. The normalized spacial score (nSPS) is 17.3. The summed E-state index contributed by atoms with van der Waals surface area (Å²) in [5, 5.41) is 0.715. The third kappa shape index (κ3) is 3.61. The van der Waals surface area contributed by atoms with Gasteiger partial charge < -0.3 is 10.6 Å². The maximum atomic E-state index is 11.4. The van der Waals surface area contributed by atoms with E-state index < -0.39 is 0 Å². The van der Waals surface area contributed by atoms with Crippen LogP contribution >= 0.6 is 11.6 Å².